The molecule has 10 heteroatoms. The number of hydrogen-bond acceptors (Lipinski definition) is 8. The first kappa shape index (κ1) is 71.7. The molecule has 0 amide bonds. The fraction of sp³-hybridized carbons (Fsp3) is 0.692. The van der Waals surface area contributed by atoms with Crippen molar-refractivity contribution in [2.24, 2.45) is 5.73 Å². The summed E-state index contributed by atoms with van der Waals surface area (Å²) >= 11 is 0. The van der Waals surface area contributed by atoms with Crippen LogP contribution in [0.4, 0.5) is 0 Å². The van der Waals surface area contributed by atoms with Crippen molar-refractivity contribution < 1.29 is 37.6 Å². The predicted molar refractivity (Wildman–Crippen MR) is 321 cm³/mol. The van der Waals surface area contributed by atoms with Crippen LogP contribution in [0.1, 0.15) is 258 Å². The van der Waals surface area contributed by atoms with Crippen LogP contribution in [0.25, 0.3) is 0 Å². The molecule has 0 fully saturated rings. The lowest BCUT2D eigenvalue weighted by Crippen LogP contribution is -2.29. The van der Waals surface area contributed by atoms with E-state index in [4.69, 9.17) is 24.3 Å². The number of allylic oxidation sites excluding steroid dienone is 18. The number of rotatable bonds is 56. The van der Waals surface area contributed by atoms with Crippen LogP contribution < -0.4 is 5.73 Å². The van der Waals surface area contributed by atoms with E-state index in [0.717, 1.165) is 103 Å². The maximum Gasteiger partial charge on any atom is 0.472 e. The fourth-order valence-electron chi connectivity index (χ4n) is 8.24. The average Bonchev–Trinajstić information content (AvgIpc) is 3.40. The van der Waals surface area contributed by atoms with Gasteiger partial charge in [0.15, 0.2) is 6.10 Å². The van der Waals surface area contributed by atoms with E-state index in [9.17, 15) is 19.0 Å². The molecule has 0 heterocycles. The predicted octanol–water partition coefficient (Wildman–Crippen LogP) is 19.4. The Balaban J connectivity index is 3.96. The molecular formula is C65H112NO8P. The standard InChI is InChI=1S/C65H112NO8P/c1-3-5-7-9-11-13-15-17-19-21-23-25-27-29-30-31-32-34-35-37-39-41-43-45-47-49-51-53-55-57-64(67)71-61-63(62-73-75(69,70)72-60-59-66)74-65(68)58-56-54-52-50-48-46-44-42-40-38-36-33-28-26-24-22-20-18-16-14-12-10-8-6-4-2/h5-8,11-14,17-20,23-26,33,36,63H,3-4,9-10,15-16,21-22,27-32,34-35,37-62,66H2,1-2H3,(H,69,70)/b7-5-,8-6-,13-11-,14-12-,19-17-,20-18-,25-23-,26-24-,36-33-. The third-order valence-electron chi connectivity index (χ3n) is 12.7. The van der Waals surface area contributed by atoms with Crippen molar-refractivity contribution in [2.45, 2.75) is 264 Å². The third kappa shape index (κ3) is 59.8. The minimum atomic E-state index is -4.40. The summed E-state index contributed by atoms with van der Waals surface area (Å²) in [7, 11) is -4.40. The number of ether oxygens (including phenoxy) is 2. The lowest BCUT2D eigenvalue weighted by Gasteiger charge is -2.19. The zero-order valence-corrected chi connectivity index (χ0v) is 48.9. The summed E-state index contributed by atoms with van der Waals surface area (Å²) in [4.78, 5) is 35.3. The van der Waals surface area contributed by atoms with Crippen LogP contribution in [0.2, 0.25) is 0 Å². The Morgan fingerprint density at radius 2 is 0.693 bits per heavy atom. The number of esters is 2. The molecule has 9 nitrogen and oxygen atoms in total. The molecule has 0 saturated carbocycles. The number of unbranched alkanes of at least 4 members (excludes halogenated alkanes) is 25. The number of hydrogen-bond donors (Lipinski definition) is 2. The first-order chi connectivity index (χ1) is 36.8. The Kier molecular flexibility index (Phi) is 57.2. The van der Waals surface area contributed by atoms with E-state index >= 15 is 0 Å². The second-order valence-electron chi connectivity index (χ2n) is 19.8. The van der Waals surface area contributed by atoms with E-state index in [-0.39, 0.29) is 38.6 Å². The van der Waals surface area contributed by atoms with Crippen molar-refractivity contribution in [2.75, 3.05) is 26.4 Å². The van der Waals surface area contributed by atoms with Crippen LogP contribution in [0.3, 0.4) is 0 Å². The minimum absolute atomic E-state index is 0.0481. The van der Waals surface area contributed by atoms with Crippen LogP contribution in [0.15, 0.2) is 109 Å². The van der Waals surface area contributed by atoms with Gasteiger partial charge in [-0.25, -0.2) is 4.57 Å². The molecular weight excluding hydrogens is 954 g/mol. The van der Waals surface area contributed by atoms with Crippen molar-refractivity contribution >= 4 is 19.8 Å². The largest absolute Gasteiger partial charge is 0.472 e. The van der Waals surface area contributed by atoms with Gasteiger partial charge in [0.1, 0.15) is 6.61 Å². The van der Waals surface area contributed by atoms with Gasteiger partial charge in [0.25, 0.3) is 0 Å². The molecule has 0 radical (unpaired) electrons. The highest BCUT2D eigenvalue weighted by Gasteiger charge is 2.26. The van der Waals surface area contributed by atoms with Gasteiger partial charge in [0, 0.05) is 19.4 Å². The SMILES string of the molecule is CC/C=C\C/C=C\C/C=C\C/C=C\C/C=C\CCCCCCCCCCCC(=O)OC(COC(=O)CCCCCCCCCCCCCCCCCC/C=C\C/C=C\C/C=C\C/C=C\CC)COP(=O)(O)OCCN. The van der Waals surface area contributed by atoms with E-state index in [0.29, 0.717) is 6.42 Å². The molecule has 0 bridgehead atoms. The molecule has 2 unspecified atom stereocenters. The molecule has 3 N–H and O–H groups in total. The maximum atomic E-state index is 12.7. The number of phosphoric acid groups is 1. The summed E-state index contributed by atoms with van der Waals surface area (Å²) in [5, 5.41) is 0. The molecule has 430 valence electrons. The van der Waals surface area contributed by atoms with Crippen molar-refractivity contribution in [1.82, 2.24) is 0 Å². The molecule has 0 rings (SSSR count). The quantitative estimate of drug-likeness (QED) is 0.0264. The first-order valence-corrected chi connectivity index (χ1v) is 31.9. The molecule has 0 aromatic rings. The number of carbonyl (C=O) groups excluding carboxylic acids is 2. The Hall–Kier alpha value is -3.33. The van der Waals surface area contributed by atoms with Crippen molar-refractivity contribution in [1.29, 1.82) is 0 Å². The van der Waals surface area contributed by atoms with E-state index in [1.165, 1.54) is 122 Å². The van der Waals surface area contributed by atoms with E-state index in [1.807, 2.05) is 0 Å². The lowest BCUT2D eigenvalue weighted by atomic mass is 10.0. The smallest absolute Gasteiger partial charge is 0.462 e. The Morgan fingerprint density at radius 1 is 0.400 bits per heavy atom. The van der Waals surface area contributed by atoms with Crippen LogP contribution >= 0.6 is 7.82 Å². The summed E-state index contributed by atoms with van der Waals surface area (Å²) in [5.74, 6) is -0.834. The Labute approximate surface area is 460 Å². The van der Waals surface area contributed by atoms with Gasteiger partial charge in [-0.3, -0.25) is 18.6 Å². The monoisotopic (exact) mass is 1070 g/mol. The van der Waals surface area contributed by atoms with Gasteiger partial charge in [-0.05, 0) is 96.3 Å². The fourth-order valence-corrected chi connectivity index (χ4v) is 9.01. The van der Waals surface area contributed by atoms with Gasteiger partial charge in [0.2, 0.25) is 0 Å². The van der Waals surface area contributed by atoms with Crippen LogP contribution in [-0.4, -0.2) is 49.3 Å². The molecule has 0 aliphatic carbocycles. The van der Waals surface area contributed by atoms with E-state index in [2.05, 4.69) is 123 Å². The molecule has 0 aromatic carbocycles. The van der Waals surface area contributed by atoms with Gasteiger partial charge in [0.05, 0.1) is 13.2 Å². The normalized spacial score (nSPS) is 13.8. The first-order valence-electron chi connectivity index (χ1n) is 30.4. The second kappa shape index (κ2) is 59.9. The Morgan fingerprint density at radius 3 is 1.03 bits per heavy atom. The number of phosphoric ester groups is 1. The van der Waals surface area contributed by atoms with Crippen molar-refractivity contribution in [3.63, 3.8) is 0 Å². The van der Waals surface area contributed by atoms with Crippen molar-refractivity contribution in [3.05, 3.63) is 109 Å². The zero-order chi connectivity index (χ0) is 54.5. The van der Waals surface area contributed by atoms with Gasteiger partial charge >= 0.3 is 19.8 Å². The zero-order valence-electron chi connectivity index (χ0n) is 48.0. The summed E-state index contributed by atoms with van der Waals surface area (Å²) in [5.41, 5.74) is 5.39. The summed E-state index contributed by atoms with van der Waals surface area (Å²) < 4.78 is 33.1. The highest BCUT2D eigenvalue weighted by Crippen LogP contribution is 2.43. The Bertz CT molecular complexity index is 1590. The van der Waals surface area contributed by atoms with Crippen molar-refractivity contribution in [3.8, 4) is 0 Å². The topological polar surface area (TPSA) is 134 Å². The minimum Gasteiger partial charge on any atom is -0.462 e. The molecule has 0 spiro atoms. The van der Waals surface area contributed by atoms with Crippen LogP contribution in [-0.2, 0) is 32.7 Å². The molecule has 2 atom stereocenters. The highest BCUT2D eigenvalue weighted by atomic mass is 31.2. The molecule has 75 heavy (non-hydrogen) atoms. The maximum absolute atomic E-state index is 12.7. The second-order valence-corrected chi connectivity index (χ2v) is 21.3. The molecule has 0 aliphatic rings. The van der Waals surface area contributed by atoms with Crippen LogP contribution in [0.5, 0.6) is 0 Å². The van der Waals surface area contributed by atoms with Gasteiger partial charge in [-0.1, -0.05) is 258 Å². The molecule has 0 saturated heterocycles. The highest BCUT2D eigenvalue weighted by molar-refractivity contribution is 7.47. The average molecular weight is 1070 g/mol. The van der Waals surface area contributed by atoms with Gasteiger partial charge in [-0.15, -0.1) is 0 Å². The van der Waals surface area contributed by atoms with Crippen LogP contribution in [0, 0.1) is 0 Å². The van der Waals surface area contributed by atoms with Gasteiger partial charge in [-0.2, -0.15) is 0 Å². The van der Waals surface area contributed by atoms with E-state index in [1.54, 1.807) is 0 Å². The lowest BCUT2D eigenvalue weighted by molar-refractivity contribution is -0.161. The molecule has 0 aliphatic heterocycles. The number of carbonyl (C=O) groups is 2. The van der Waals surface area contributed by atoms with Gasteiger partial charge < -0.3 is 20.1 Å². The summed E-state index contributed by atoms with van der Waals surface area (Å²) in [6, 6.07) is 0. The van der Waals surface area contributed by atoms with E-state index < -0.39 is 26.5 Å². The molecule has 0 aromatic heterocycles. The third-order valence-corrected chi connectivity index (χ3v) is 13.6. The summed E-state index contributed by atoms with van der Waals surface area (Å²) in [6.07, 6.45) is 81.5. The number of nitrogens with two attached hydrogens (primary N) is 1. The summed E-state index contributed by atoms with van der Waals surface area (Å²) in [6.45, 7) is 3.52.